The van der Waals surface area contributed by atoms with Gasteiger partial charge in [-0.1, -0.05) is 64.1 Å². The van der Waals surface area contributed by atoms with Crippen LogP contribution in [0.4, 0.5) is 0 Å². The lowest BCUT2D eigenvalue weighted by Gasteiger charge is -2.23. The Kier molecular flexibility index (Phi) is 4.64. The molecule has 2 nitrogen and oxygen atoms in total. The summed E-state index contributed by atoms with van der Waals surface area (Å²) in [5.41, 5.74) is 14.5. The lowest BCUT2D eigenvalue weighted by Crippen LogP contribution is -2.15. The smallest absolute Gasteiger partial charge is 0.115 e. The van der Waals surface area contributed by atoms with E-state index in [-0.39, 0.29) is 10.8 Å². The van der Waals surface area contributed by atoms with Gasteiger partial charge in [0, 0.05) is 10.8 Å². The van der Waals surface area contributed by atoms with E-state index < -0.39 is 0 Å². The number of aromatic hydroxyl groups is 2. The summed E-state index contributed by atoms with van der Waals surface area (Å²) in [4.78, 5) is 0. The Hall–Kier alpha value is -3.78. The van der Waals surface area contributed by atoms with E-state index in [1.165, 1.54) is 66.8 Å². The second-order valence-corrected chi connectivity index (χ2v) is 11.5. The summed E-state index contributed by atoms with van der Waals surface area (Å²) in [6, 6.07) is 25.1. The quantitative estimate of drug-likeness (QED) is 0.287. The molecule has 0 spiro atoms. The van der Waals surface area contributed by atoms with Crippen LogP contribution in [0.25, 0.3) is 33.4 Å². The summed E-state index contributed by atoms with van der Waals surface area (Å²) in [5.74, 6) is 0.636. The standard InChI is InChI=1S/C34H32O2/c1-19(21-7-11-25-27-13-9-23(35)17-31(27)33(3,4)29(25)15-21)20(2)22-8-12-26-28-14-10-24(36)18-32(28)34(5,6)30(26)16-22/h7-18,35-36H,1-6H3/b20-19+. The maximum Gasteiger partial charge on any atom is 0.115 e. The molecule has 0 radical (unpaired) electrons. The first kappa shape index (κ1) is 22.7. The first-order valence-corrected chi connectivity index (χ1v) is 12.6. The molecule has 0 amide bonds. The van der Waals surface area contributed by atoms with E-state index >= 15 is 0 Å². The summed E-state index contributed by atoms with van der Waals surface area (Å²) in [6.45, 7) is 13.4. The minimum atomic E-state index is -0.164. The molecule has 0 saturated heterocycles. The summed E-state index contributed by atoms with van der Waals surface area (Å²) in [5, 5.41) is 20.2. The van der Waals surface area contributed by atoms with Crippen LogP contribution in [0.2, 0.25) is 0 Å². The van der Waals surface area contributed by atoms with Crippen molar-refractivity contribution in [1.82, 2.24) is 0 Å². The molecule has 0 fully saturated rings. The van der Waals surface area contributed by atoms with Crippen molar-refractivity contribution in [3.05, 3.63) is 106 Å². The number of hydrogen-bond acceptors (Lipinski definition) is 2. The Morgan fingerprint density at radius 2 is 0.778 bits per heavy atom. The van der Waals surface area contributed by atoms with Crippen LogP contribution in [0.3, 0.4) is 0 Å². The van der Waals surface area contributed by atoms with Crippen molar-refractivity contribution in [2.24, 2.45) is 0 Å². The van der Waals surface area contributed by atoms with Gasteiger partial charge >= 0.3 is 0 Å². The topological polar surface area (TPSA) is 40.5 Å². The molecule has 0 saturated carbocycles. The van der Waals surface area contributed by atoms with Crippen molar-refractivity contribution >= 4 is 11.1 Å². The zero-order chi connectivity index (χ0) is 25.6. The van der Waals surface area contributed by atoms with E-state index in [2.05, 4.69) is 77.9 Å². The molecule has 180 valence electrons. The number of hydrogen-bond donors (Lipinski definition) is 2. The fraction of sp³-hybridized carbons (Fsp3) is 0.235. The van der Waals surface area contributed by atoms with Gasteiger partial charge in [0.25, 0.3) is 0 Å². The maximum atomic E-state index is 10.1. The maximum absolute atomic E-state index is 10.1. The summed E-state index contributed by atoms with van der Waals surface area (Å²) in [7, 11) is 0. The van der Waals surface area contributed by atoms with Crippen molar-refractivity contribution in [1.29, 1.82) is 0 Å². The predicted molar refractivity (Wildman–Crippen MR) is 150 cm³/mol. The molecule has 2 aliphatic carbocycles. The molecule has 4 aromatic rings. The average Bonchev–Trinajstić information content (AvgIpc) is 3.21. The van der Waals surface area contributed by atoms with Crippen LogP contribution in [-0.4, -0.2) is 10.2 Å². The molecule has 2 N–H and O–H groups in total. The van der Waals surface area contributed by atoms with Crippen LogP contribution < -0.4 is 0 Å². The van der Waals surface area contributed by atoms with Crippen LogP contribution in [0.5, 0.6) is 11.5 Å². The van der Waals surface area contributed by atoms with Gasteiger partial charge < -0.3 is 10.2 Å². The Bertz CT molecular complexity index is 1490. The highest BCUT2D eigenvalue weighted by atomic mass is 16.3. The Balaban J connectivity index is 1.43. The Morgan fingerprint density at radius 3 is 1.14 bits per heavy atom. The molecule has 0 unspecified atom stereocenters. The van der Waals surface area contributed by atoms with Gasteiger partial charge in [-0.15, -0.1) is 0 Å². The molecular formula is C34H32O2. The number of fused-ring (bicyclic) bond motifs is 6. The third-order valence-electron chi connectivity index (χ3n) is 8.75. The average molecular weight is 473 g/mol. The van der Waals surface area contributed by atoms with Crippen LogP contribution in [0.15, 0.2) is 72.8 Å². The molecule has 0 heterocycles. The van der Waals surface area contributed by atoms with Gasteiger partial charge in [0.1, 0.15) is 11.5 Å². The fourth-order valence-electron chi connectivity index (χ4n) is 6.35. The third kappa shape index (κ3) is 3.03. The van der Waals surface area contributed by atoms with E-state index in [0.29, 0.717) is 11.5 Å². The predicted octanol–water partition coefficient (Wildman–Crippen LogP) is 8.66. The number of benzene rings is 4. The highest BCUT2D eigenvalue weighted by Crippen LogP contribution is 2.52. The van der Waals surface area contributed by atoms with E-state index in [1.54, 1.807) is 12.1 Å². The first-order chi connectivity index (χ1) is 17.0. The zero-order valence-corrected chi connectivity index (χ0v) is 21.8. The molecule has 0 aliphatic heterocycles. The highest BCUT2D eigenvalue weighted by Gasteiger charge is 2.37. The molecule has 2 heteroatoms. The summed E-state index contributed by atoms with van der Waals surface area (Å²) in [6.07, 6.45) is 0. The van der Waals surface area contributed by atoms with Gasteiger partial charge in [-0.25, -0.2) is 0 Å². The fourth-order valence-corrected chi connectivity index (χ4v) is 6.35. The van der Waals surface area contributed by atoms with Gasteiger partial charge in [0.2, 0.25) is 0 Å². The van der Waals surface area contributed by atoms with Crippen LogP contribution in [-0.2, 0) is 10.8 Å². The highest BCUT2D eigenvalue weighted by molar-refractivity contribution is 5.92. The second kappa shape index (κ2) is 7.36. The van der Waals surface area contributed by atoms with Gasteiger partial charge in [0.05, 0.1) is 0 Å². The van der Waals surface area contributed by atoms with E-state index in [4.69, 9.17) is 0 Å². The lowest BCUT2D eigenvalue weighted by molar-refractivity contribution is 0.472. The summed E-state index contributed by atoms with van der Waals surface area (Å²) >= 11 is 0. The normalized spacial score (nSPS) is 16.6. The van der Waals surface area contributed by atoms with Crippen LogP contribution >= 0.6 is 0 Å². The third-order valence-corrected chi connectivity index (χ3v) is 8.75. The van der Waals surface area contributed by atoms with Crippen molar-refractivity contribution in [2.45, 2.75) is 52.4 Å². The molecule has 2 aliphatic rings. The van der Waals surface area contributed by atoms with E-state index in [1.807, 2.05) is 24.3 Å². The molecule has 4 aromatic carbocycles. The Labute approximate surface area is 213 Å². The van der Waals surface area contributed by atoms with Gasteiger partial charge in [0.15, 0.2) is 0 Å². The van der Waals surface area contributed by atoms with E-state index in [9.17, 15) is 10.2 Å². The van der Waals surface area contributed by atoms with Crippen LogP contribution in [0, 0.1) is 0 Å². The van der Waals surface area contributed by atoms with Crippen molar-refractivity contribution in [3.63, 3.8) is 0 Å². The van der Waals surface area contributed by atoms with Crippen molar-refractivity contribution in [3.8, 4) is 33.8 Å². The molecule has 0 atom stereocenters. The van der Waals surface area contributed by atoms with Crippen LogP contribution in [0.1, 0.15) is 74.9 Å². The first-order valence-electron chi connectivity index (χ1n) is 12.6. The summed E-state index contributed by atoms with van der Waals surface area (Å²) < 4.78 is 0. The SMILES string of the molecule is C/C(=C(/C)c1ccc2c(c1)C(C)(C)c1cc(O)ccc1-2)c1ccc2c(c1)C(C)(C)c1cc(O)ccc1-2. The second-order valence-electron chi connectivity index (χ2n) is 11.5. The molecule has 6 rings (SSSR count). The number of phenols is 2. The van der Waals surface area contributed by atoms with Crippen molar-refractivity contribution in [2.75, 3.05) is 0 Å². The minimum Gasteiger partial charge on any atom is -0.508 e. The Morgan fingerprint density at radius 1 is 0.472 bits per heavy atom. The largest absolute Gasteiger partial charge is 0.508 e. The number of phenolic OH excluding ortho intramolecular Hbond substituents is 2. The minimum absolute atomic E-state index is 0.164. The number of rotatable bonds is 2. The number of allylic oxidation sites excluding steroid dienone is 2. The van der Waals surface area contributed by atoms with Gasteiger partial charge in [-0.3, -0.25) is 0 Å². The lowest BCUT2D eigenvalue weighted by atomic mass is 9.80. The molecule has 36 heavy (non-hydrogen) atoms. The van der Waals surface area contributed by atoms with E-state index in [0.717, 1.165) is 0 Å². The molecule has 0 aromatic heterocycles. The van der Waals surface area contributed by atoms with Crippen molar-refractivity contribution < 1.29 is 10.2 Å². The monoisotopic (exact) mass is 472 g/mol. The zero-order valence-electron chi connectivity index (χ0n) is 21.8. The molecular weight excluding hydrogens is 440 g/mol. The van der Waals surface area contributed by atoms with Gasteiger partial charge in [-0.05, 0) is 117 Å². The molecule has 0 bridgehead atoms. The van der Waals surface area contributed by atoms with Gasteiger partial charge in [-0.2, -0.15) is 0 Å².